The van der Waals surface area contributed by atoms with Gasteiger partial charge in [-0.15, -0.1) is 5.10 Å². The van der Waals surface area contributed by atoms with Gasteiger partial charge in [-0.3, -0.25) is 4.79 Å². The van der Waals surface area contributed by atoms with Crippen LogP contribution in [0.15, 0.2) is 47.6 Å². The molecule has 2 N–H and O–H groups in total. The molecular formula is C17H15N5O4S. The first kappa shape index (κ1) is 17.2. The second-order valence-electron chi connectivity index (χ2n) is 5.64. The monoisotopic (exact) mass is 385 g/mol. The van der Waals surface area contributed by atoms with Gasteiger partial charge in [0.15, 0.2) is 11.5 Å². The minimum Gasteiger partial charge on any atom is -0.508 e. The van der Waals surface area contributed by atoms with Crippen molar-refractivity contribution >= 4 is 17.7 Å². The lowest BCUT2D eigenvalue weighted by molar-refractivity contribution is -0.118. The van der Waals surface area contributed by atoms with Crippen LogP contribution in [0.25, 0.3) is 5.69 Å². The van der Waals surface area contributed by atoms with E-state index in [1.54, 1.807) is 24.3 Å². The number of carbonyl (C=O) groups is 1. The molecule has 1 amide bonds. The predicted octanol–water partition coefficient (Wildman–Crippen LogP) is 1.51. The van der Waals surface area contributed by atoms with Gasteiger partial charge < -0.3 is 19.9 Å². The Morgan fingerprint density at radius 2 is 2.00 bits per heavy atom. The Morgan fingerprint density at radius 1 is 1.19 bits per heavy atom. The average Bonchev–Trinajstić information content (AvgIpc) is 3.34. The fraction of sp³-hybridized carbons (Fsp3) is 0.176. The Morgan fingerprint density at radius 3 is 2.85 bits per heavy atom. The van der Waals surface area contributed by atoms with Gasteiger partial charge in [0.05, 0.1) is 11.4 Å². The van der Waals surface area contributed by atoms with E-state index in [0.717, 1.165) is 5.56 Å². The van der Waals surface area contributed by atoms with Crippen molar-refractivity contribution in [3.05, 3.63) is 48.0 Å². The van der Waals surface area contributed by atoms with Crippen molar-refractivity contribution < 1.29 is 19.4 Å². The molecule has 1 aliphatic heterocycles. The Hall–Kier alpha value is -3.27. The first-order valence-electron chi connectivity index (χ1n) is 8.05. The fourth-order valence-electron chi connectivity index (χ4n) is 2.46. The SMILES string of the molecule is O=C(CSc1nnnn1-c1ccc(O)cc1)NCc1ccc2c(c1)OCO2. The molecule has 0 saturated heterocycles. The van der Waals surface area contributed by atoms with Crippen LogP contribution in [0.4, 0.5) is 0 Å². The maximum absolute atomic E-state index is 12.1. The number of hydrogen-bond donors (Lipinski definition) is 2. The zero-order valence-corrected chi connectivity index (χ0v) is 14.8. The van der Waals surface area contributed by atoms with Gasteiger partial charge in [0.1, 0.15) is 5.75 Å². The molecular weight excluding hydrogens is 370 g/mol. The minimum absolute atomic E-state index is 0.141. The molecule has 0 unspecified atom stereocenters. The molecule has 0 atom stereocenters. The van der Waals surface area contributed by atoms with Crippen LogP contribution >= 0.6 is 11.8 Å². The van der Waals surface area contributed by atoms with E-state index in [-0.39, 0.29) is 24.2 Å². The first-order chi connectivity index (χ1) is 13.2. The summed E-state index contributed by atoms with van der Waals surface area (Å²) in [6, 6.07) is 12.0. The Labute approximate surface area is 158 Å². The number of ether oxygens (including phenoxy) is 2. The number of phenols is 1. The van der Waals surface area contributed by atoms with E-state index in [4.69, 9.17) is 9.47 Å². The molecule has 0 aliphatic carbocycles. The summed E-state index contributed by atoms with van der Waals surface area (Å²) in [5.74, 6) is 1.58. The van der Waals surface area contributed by atoms with Gasteiger partial charge in [0, 0.05) is 6.54 Å². The second-order valence-corrected chi connectivity index (χ2v) is 6.59. The summed E-state index contributed by atoms with van der Waals surface area (Å²) in [7, 11) is 0. The number of rotatable bonds is 6. The zero-order chi connectivity index (χ0) is 18.6. The summed E-state index contributed by atoms with van der Waals surface area (Å²) in [5.41, 5.74) is 1.62. The normalized spacial score (nSPS) is 12.1. The van der Waals surface area contributed by atoms with Gasteiger partial charge in [0.25, 0.3) is 0 Å². The van der Waals surface area contributed by atoms with Crippen LogP contribution in [0.3, 0.4) is 0 Å². The molecule has 0 bridgehead atoms. The molecule has 2 heterocycles. The number of amides is 1. The van der Waals surface area contributed by atoms with Gasteiger partial charge in [-0.2, -0.15) is 4.68 Å². The predicted molar refractivity (Wildman–Crippen MR) is 96.0 cm³/mol. The van der Waals surface area contributed by atoms with E-state index in [1.165, 1.54) is 16.4 Å². The summed E-state index contributed by atoms with van der Waals surface area (Å²) in [6.07, 6.45) is 0. The Bertz CT molecular complexity index is 960. The van der Waals surface area contributed by atoms with E-state index in [0.29, 0.717) is 28.9 Å². The number of aromatic nitrogens is 4. The summed E-state index contributed by atoms with van der Waals surface area (Å²) >= 11 is 1.22. The number of nitrogens with zero attached hydrogens (tertiary/aromatic N) is 4. The van der Waals surface area contributed by atoms with Crippen LogP contribution in [0.1, 0.15) is 5.56 Å². The number of aromatic hydroxyl groups is 1. The van der Waals surface area contributed by atoms with Crippen LogP contribution < -0.4 is 14.8 Å². The average molecular weight is 385 g/mol. The number of fused-ring (bicyclic) bond motifs is 1. The van der Waals surface area contributed by atoms with E-state index in [2.05, 4.69) is 20.8 Å². The number of thioether (sulfide) groups is 1. The molecule has 9 nitrogen and oxygen atoms in total. The third-order valence-electron chi connectivity index (χ3n) is 3.79. The number of tetrazole rings is 1. The lowest BCUT2D eigenvalue weighted by Crippen LogP contribution is -2.24. The molecule has 3 aromatic rings. The van der Waals surface area contributed by atoms with Crippen molar-refractivity contribution in [2.75, 3.05) is 12.5 Å². The number of phenolic OH excluding ortho intramolecular Hbond substituents is 1. The summed E-state index contributed by atoms with van der Waals surface area (Å²) < 4.78 is 12.1. The Balaban J connectivity index is 1.32. The molecule has 138 valence electrons. The third kappa shape index (κ3) is 3.95. The van der Waals surface area contributed by atoms with Gasteiger partial charge >= 0.3 is 0 Å². The molecule has 2 aromatic carbocycles. The maximum Gasteiger partial charge on any atom is 0.231 e. The number of carbonyl (C=O) groups excluding carboxylic acids is 1. The highest BCUT2D eigenvalue weighted by atomic mass is 32.2. The van der Waals surface area contributed by atoms with E-state index < -0.39 is 0 Å². The van der Waals surface area contributed by atoms with E-state index in [9.17, 15) is 9.90 Å². The number of nitrogens with one attached hydrogen (secondary N) is 1. The highest BCUT2D eigenvalue weighted by molar-refractivity contribution is 7.99. The van der Waals surface area contributed by atoms with Crippen molar-refractivity contribution in [2.24, 2.45) is 0 Å². The maximum atomic E-state index is 12.1. The molecule has 1 aliphatic rings. The quantitative estimate of drug-likeness (QED) is 0.614. The minimum atomic E-state index is -0.141. The zero-order valence-electron chi connectivity index (χ0n) is 14.0. The summed E-state index contributed by atoms with van der Waals surface area (Å²) in [6.45, 7) is 0.608. The largest absolute Gasteiger partial charge is 0.508 e. The molecule has 0 radical (unpaired) electrons. The first-order valence-corrected chi connectivity index (χ1v) is 9.03. The van der Waals surface area contributed by atoms with Gasteiger partial charge in [-0.25, -0.2) is 0 Å². The van der Waals surface area contributed by atoms with Gasteiger partial charge in [-0.1, -0.05) is 17.8 Å². The third-order valence-corrected chi connectivity index (χ3v) is 4.71. The molecule has 0 spiro atoms. The van der Waals surface area contributed by atoms with Crippen LogP contribution in [0, 0.1) is 0 Å². The van der Waals surface area contributed by atoms with Crippen molar-refractivity contribution in [3.63, 3.8) is 0 Å². The van der Waals surface area contributed by atoms with Crippen molar-refractivity contribution in [3.8, 4) is 22.9 Å². The standard InChI is InChI=1S/C17H15N5O4S/c23-13-4-2-12(3-5-13)22-17(19-20-21-22)27-9-16(24)18-8-11-1-6-14-15(7-11)26-10-25-14/h1-7,23H,8-10H2,(H,18,24). The molecule has 1 aromatic heterocycles. The van der Waals surface area contributed by atoms with E-state index >= 15 is 0 Å². The highest BCUT2D eigenvalue weighted by Gasteiger charge is 2.14. The fourth-order valence-corrected chi connectivity index (χ4v) is 3.18. The molecule has 4 rings (SSSR count). The van der Waals surface area contributed by atoms with Crippen molar-refractivity contribution in [1.82, 2.24) is 25.5 Å². The van der Waals surface area contributed by atoms with Crippen molar-refractivity contribution in [1.29, 1.82) is 0 Å². The topological polar surface area (TPSA) is 111 Å². The van der Waals surface area contributed by atoms with Crippen LogP contribution in [0.2, 0.25) is 0 Å². The number of hydrogen-bond acceptors (Lipinski definition) is 8. The van der Waals surface area contributed by atoms with Gasteiger partial charge in [0.2, 0.25) is 17.9 Å². The van der Waals surface area contributed by atoms with Gasteiger partial charge in [-0.05, 0) is 52.4 Å². The van der Waals surface area contributed by atoms with E-state index in [1.807, 2.05) is 18.2 Å². The Kier molecular flexibility index (Phi) is 4.79. The molecule has 27 heavy (non-hydrogen) atoms. The smallest absolute Gasteiger partial charge is 0.231 e. The highest BCUT2D eigenvalue weighted by Crippen LogP contribution is 2.32. The van der Waals surface area contributed by atoms with Crippen LogP contribution in [-0.4, -0.2) is 43.8 Å². The molecule has 10 heteroatoms. The van der Waals surface area contributed by atoms with Crippen LogP contribution in [0.5, 0.6) is 17.2 Å². The lowest BCUT2D eigenvalue weighted by atomic mass is 10.2. The second kappa shape index (κ2) is 7.54. The molecule has 0 fully saturated rings. The summed E-state index contributed by atoms with van der Waals surface area (Å²) in [4.78, 5) is 12.1. The lowest BCUT2D eigenvalue weighted by Gasteiger charge is -2.07. The van der Waals surface area contributed by atoms with Crippen LogP contribution in [-0.2, 0) is 11.3 Å². The molecule has 0 saturated carbocycles. The number of benzene rings is 2. The summed E-state index contributed by atoms with van der Waals surface area (Å²) in [5, 5.41) is 24.2. The van der Waals surface area contributed by atoms with Crippen molar-refractivity contribution in [2.45, 2.75) is 11.7 Å².